The van der Waals surface area contributed by atoms with Gasteiger partial charge in [-0.15, -0.1) is 0 Å². The molecule has 0 aromatic heterocycles. The van der Waals surface area contributed by atoms with E-state index in [0.717, 1.165) is 6.42 Å². The minimum absolute atomic E-state index is 0. The predicted molar refractivity (Wildman–Crippen MR) is 52.1 cm³/mol. The van der Waals surface area contributed by atoms with Gasteiger partial charge in [-0.1, -0.05) is 26.5 Å². The zero-order chi connectivity index (χ0) is 7.40. The van der Waals surface area contributed by atoms with Gasteiger partial charge in [-0.05, 0) is 24.1 Å². The van der Waals surface area contributed by atoms with Crippen LogP contribution in [0.5, 0.6) is 0 Å². The van der Waals surface area contributed by atoms with Crippen molar-refractivity contribution in [3.63, 3.8) is 0 Å². The van der Waals surface area contributed by atoms with Gasteiger partial charge in [-0.25, -0.2) is 0 Å². The molecule has 11 heavy (non-hydrogen) atoms. The Balaban J connectivity index is 0.000001000. The fraction of sp³-hybridized carbons (Fsp3) is 0.400. The van der Waals surface area contributed by atoms with E-state index in [0.29, 0.717) is 0 Å². The maximum atomic E-state index is 3.10. The van der Waals surface area contributed by atoms with Crippen molar-refractivity contribution < 1.29 is 0 Å². The van der Waals surface area contributed by atoms with E-state index in [1.807, 2.05) is 7.05 Å². The molecular formula is C10H17N. The first kappa shape index (κ1) is 10.0. The van der Waals surface area contributed by atoms with Gasteiger partial charge >= 0.3 is 0 Å². The summed E-state index contributed by atoms with van der Waals surface area (Å²) in [6.07, 6.45) is 1.11. The SMILES string of the molecule is C.CCc1cccc(NC)c1. The van der Waals surface area contributed by atoms with E-state index < -0.39 is 0 Å². The molecular weight excluding hydrogens is 134 g/mol. The highest BCUT2D eigenvalue weighted by molar-refractivity contribution is 5.44. The van der Waals surface area contributed by atoms with Gasteiger partial charge in [0.1, 0.15) is 0 Å². The second-order valence-corrected chi connectivity index (χ2v) is 2.30. The summed E-state index contributed by atoms with van der Waals surface area (Å²) in [5.41, 5.74) is 2.58. The molecule has 0 saturated carbocycles. The molecule has 0 heterocycles. The van der Waals surface area contributed by atoms with E-state index in [2.05, 4.69) is 36.5 Å². The Labute approximate surface area is 69.4 Å². The van der Waals surface area contributed by atoms with Gasteiger partial charge in [0, 0.05) is 12.7 Å². The quantitative estimate of drug-likeness (QED) is 0.685. The maximum absolute atomic E-state index is 3.10. The summed E-state index contributed by atoms with van der Waals surface area (Å²) in [7, 11) is 1.94. The second-order valence-electron chi connectivity index (χ2n) is 2.30. The summed E-state index contributed by atoms with van der Waals surface area (Å²) in [6.45, 7) is 2.16. The molecule has 1 N–H and O–H groups in total. The van der Waals surface area contributed by atoms with Gasteiger partial charge in [0.15, 0.2) is 0 Å². The molecule has 0 spiro atoms. The molecule has 62 valence electrons. The first-order valence-electron chi connectivity index (χ1n) is 3.63. The molecule has 0 amide bonds. The largest absolute Gasteiger partial charge is 0.388 e. The Hall–Kier alpha value is -0.980. The molecule has 0 bridgehead atoms. The van der Waals surface area contributed by atoms with Gasteiger partial charge in [-0.2, -0.15) is 0 Å². The Morgan fingerprint density at radius 1 is 1.36 bits per heavy atom. The minimum Gasteiger partial charge on any atom is -0.388 e. The Bertz CT molecular complexity index is 187. The molecule has 1 rings (SSSR count). The zero-order valence-corrected chi connectivity index (χ0v) is 6.52. The van der Waals surface area contributed by atoms with Gasteiger partial charge in [0.2, 0.25) is 0 Å². The molecule has 1 heteroatoms. The summed E-state index contributed by atoms with van der Waals surface area (Å²) in [5.74, 6) is 0. The van der Waals surface area contributed by atoms with Crippen molar-refractivity contribution in [2.45, 2.75) is 20.8 Å². The van der Waals surface area contributed by atoms with E-state index in [4.69, 9.17) is 0 Å². The maximum Gasteiger partial charge on any atom is 0.0340 e. The smallest absolute Gasteiger partial charge is 0.0340 e. The van der Waals surface area contributed by atoms with Crippen LogP contribution in [0.3, 0.4) is 0 Å². The van der Waals surface area contributed by atoms with Crippen LogP contribution in [0.2, 0.25) is 0 Å². The van der Waals surface area contributed by atoms with Crippen LogP contribution in [0, 0.1) is 0 Å². The van der Waals surface area contributed by atoms with Crippen molar-refractivity contribution in [1.82, 2.24) is 0 Å². The third-order valence-corrected chi connectivity index (χ3v) is 1.62. The van der Waals surface area contributed by atoms with Crippen molar-refractivity contribution >= 4 is 5.69 Å². The summed E-state index contributed by atoms with van der Waals surface area (Å²) >= 11 is 0. The molecule has 1 aromatic carbocycles. The van der Waals surface area contributed by atoms with Crippen LogP contribution < -0.4 is 5.32 Å². The topological polar surface area (TPSA) is 12.0 Å². The van der Waals surface area contributed by atoms with E-state index >= 15 is 0 Å². The molecule has 1 nitrogen and oxygen atoms in total. The number of benzene rings is 1. The van der Waals surface area contributed by atoms with Crippen molar-refractivity contribution in [3.05, 3.63) is 29.8 Å². The van der Waals surface area contributed by atoms with E-state index in [9.17, 15) is 0 Å². The highest BCUT2D eigenvalue weighted by Crippen LogP contribution is 2.09. The lowest BCUT2D eigenvalue weighted by molar-refractivity contribution is 1.14. The van der Waals surface area contributed by atoms with Crippen LogP contribution in [0.1, 0.15) is 19.9 Å². The lowest BCUT2D eigenvalue weighted by Crippen LogP contribution is -1.88. The monoisotopic (exact) mass is 151 g/mol. The van der Waals surface area contributed by atoms with Crippen molar-refractivity contribution in [1.29, 1.82) is 0 Å². The first-order valence-corrected chi connectivity index (χ1v) is 3.63. The fourth-order valence-electron chi connectivity index (χ4n) is 0.947. The van der Waals surface area contributed by atoms with E-state index in [-0.39, 0.29) is 7.43 Å². The molecule has 0 fully saturated rings. The molecule has 0 unspecified atom stereocenters. The number of hydrogen-bond donors (Lipinski definition) is 1. The zero-order valence-electron chi connectivity index (χ0n) is 6.52. The summed E-state index contributed by atoms with van der Waals surface area (Å²) in [4.78, 5) is 0. The molecule has 1 aromatic rings. The van der Waals surface area contributed by atoms with Crippen LogP contribution in [0.15, 0.2) is 24.3 Å². The molecule has 0 atom stereocenters. The van der Waals surface area contributed by atoms with Crippen LogP contribution in [0.25, 0.3) is 0 Å². The minimum atomic E-state index is 0. The van der Waals surface area contributed by atoms with Gasteiger partial charge in [-0.3, -0.25) is 0 Å². The second kappa shape index (κ2) is 4.78. The highest BCUT2D eigenvalue weighted by atomic mass is 14.8. The third kappa shape index (κ3) is 2.62. The van der Waals surface area contributed by atoms with Crippen LogP contribution in [0.4, 0.5) is 5.69 Å². The van der Waals surface area contributed by atoms with Crippen molar-refractivity contribution in [2.24, 2.45) is 0 Å². The lowest BCUT2D eigenvalue weighted by Gasteiger charge is -2.00. The number of aryl methyl sites for hydroxylation is 1. The molecule has 0 aliphatic rings. The van der Waals surface area contributed by atoms with Crippen molar-refractivity contribution in [3.8, 4) is 0 Å². The first-order chi connectivity index (χ1) is 4.86. The number of nitrogens with one attached hydrogen (secondary N) is 1. The molecule has 0 aliphatic heterocycles. The lowest BCUT2D eigenvalue weighted by atomic mass is 10.1. The summed E-state index contributed by atoms with van der Waals surface area (Å²) in [6, 6.07) is 8.45. The average molecular weight is 151 g/mol. The molecule has 0 radical (unpaired) electrons. The fourth-order valence-corrected chi connectivity index (χ4v) is 0.947. The van der Waals surface area contributed by atoms with Crippen LogP contribution in [-0.2, 0) is 6.42 Å². The normalized spacial score (nSPS) is 8.55. The Morgan fingerprint density at radius 2 is 2.09 bits per heavy atom. The number of rotatable bonds is 2. The van der Waals surface area contributed by atoms with Gasteiger partial charge < -0.3 is 5.32 Å². The van der Waals surface area contributed by atoms with Crippen molar-refractivity contribution in [2.75, 3.05) is 12.4 Å². The molecule has 0 aliphatic carbocycles. The van der Waals surface area contributed by atoms with Crippen LogP contribution in [-0.4, -0.2) is 7.05 Å². The summed E-state index contributed by atoms with van der Waals surface area (Å²) in [5, 5.41) is 3.10. The Kier molecular flexibility index (Phi) is 4.35. The third-order valence-electron chi connectivity index (χ3n) is 1.62. The van der Waals surface area contributed by atoms with Crippen LogP contribution >= 0.6 is 0 Å². The standard InChI is InChI=1S/C9H13N.CH4/c1-3-8-5-4-6-9(7-8)10-2;/h4-7,10H,3H2,1-2H3;1H4. The Morgan fingerprint density at radius 3 is 2.64 bits per heavy atom. The average Bonchev–Trinajstić information content (AvgIpc) is 2.05. The van der Waals surface area contributed by atoms with Gasteiger partial charge in [0.05, 0.1) is 0 Å². The van der Waals surface area contributed by atoms with E-state index in [1.54, 1.807) is 0 Å². The van der Waals surface area contributed by atoms with E-state index in [1.165, 1.54) is 11.3 Å². The summed E-state index contributed by atoms with van der Waals surface area (Å²) < 4.78 is 0. The number of anilines is 1. The van der Waals surface area contributed by atoms with Gasteiger partial charge in [0.25, 0.3) is 0 Å². The predicted octanol–water partition coefficient (Wildman–Crippen LogP) is 2.93. The highest BCUT2D eigenvalue weighted by Gasteiger charge is 1.88. The number of hydrogen-bond acceptors (Lipinski definition) is 1. The molecule has 0 saturated heterocycles.